The zero-order valence-corrected chi connectivity index (χ0v) is 11.9. The van der Waals surface area contributed by atoms with Crippen molar-refractivity contribution in [3.8, 4) is 0 Å². The van der Waals surface area contributed by atoms with Gasteiger partial charge in [-0.15, -0.1) is 0 Å². The van der Waals surface area contributed by atoms with E-state index >= 15 is 0 Å². The Morgan fingerprint density at radius 2 is 2.10 bits per heavy atom. The summed E-state index contributed by atoms with van der Waals surface area (Å²) in [5.41, 5.74) is 8.70. The Hall–Kier alpha value is -1.92. The fourth-order valence-corrected chi connectivity index (χ4v) is 3.03. The van der Waals surface area contributed by atoms with Gasteiger partial charge in [-0.2, -0.15) is 0 Å². The van der Waals surface area contributed by atoms with Crippen molar-refractivity contribution in [2.24, 2.45) is 5.73 Å². The van der Waals surface area contributed by atoms with Crippen molar-refractivity contribution in [3.63, 3.8) is 0 Å². The number of aromatic nitrogens is 4. The first-order valence-corrected chi connectivity index (χ1v) is 7.21. The van der Waals surface area contributed by atoms with E-state index in [-0.39, 0.29) is 6.04 Å². The van der Waals surface area contributed by atoms with Crippen molar-refractivity contribution in [1.29, 1.82) is 0 Å². The van der Waals surface area contributed by atoms with Gasteiger partial charge in [0.2, 0.25) is 0 Å². The minimum atomic E-state index is 0.134. The molecule has 0 radical (unpaired) electrons. The molecule has 1 atom stereocenters. The number of rotatable bonds is 4. The SMILES string of the molecule is CC(N)Cc1ccccc1Sc1ncnc2nc[nH]c12. The van der Waals surface area contributed by atoms with Gasteiger partial charge in [-0.25, -0.2) is 15.0 Å². The second kappa shape index (κ2) is 5.60. The van der Waals surface area contributed by atoms with Crippen LogP contribution in [-0.2, 0) is 6.42 Å². The monoisotopic (exact) mass is 285 g/mol. The number of fused-ring (bicyclic) bond motifs is 1. The van der Waals surface area contributed by atoms with Crippen LogP contribution in [0, 0.1) is 0 Å². The van der Waals surface area contributed by atoms with Gasteiger partial charge in [0.1, 0.15) is 16.9 Å². The molecule has 0 aliphatic heterocycles. The highest BCUT2D eigenvalue weighted by atomic mass is 32.2. The number of benzene rings is 1. The maximum absolute atomic E-state index is 5.91. The van der Waals surface area contributed by atoms with E-state index in [4.69, 9.17) is 5.73 Å². The molecule has 3 N–H and O–H groups in total. The van der Waals surface area contributed by atoms with E-state index in [1.165, 1.54) is 10.5 Å². The van der Waals surface area contributed by atoms with Crippen LogP contribution in [-0.4, -0.2) is 26.0 Å². The Bertz CT molecular complexity index is 722. The van der Waals surface area contributed by atoms with Crippen molar-refractivity contribution >= 4 is 22.9 Å². The summed E-state index contributed by atoms with van der Waals surface area (Å²) in [6.07, 6.45) is 4.03. The summed E-state index contributed by atoms with van der Waals surface area (Å²) in [5.74, 6) is 0. The van der Waals surface area contributed by atoms with Gasteiger partial charge in [0.05, 0.1) is 6.33 Å². The molecule has 0 aliphatic rings. The largest absolute Gasteiger partial charge is 0.341 e. The van der Waals surface area contributed by atoms with E-state index in [9.17, 15) is 0 Å². The zero-order valence-electron chi connectivity index (χ0n) is 11.1. The highest BCUT2D eigenvalue weighted by Gasteiger charge is 2.11. The second-order valence-electron chi connectivity index (χ2n) is 4.67. The van der Waals surface area contributed by atoms with Crippen LogP contribution in [0.25, 0.3) is 11.2 Å². The fourth-order valence-electron chi connectivity index (χ4n) is 2.04. The highest BCUT2D eigenvalue weighted by Crippen LogP contribution is 2.32. The Balaban J connectivity index is 1.97. The molecule has 6 heteroatoms. The van der Waals surface area contributed by atoms with E-state index < -0.39 is 0 Å². The average molecular weight is 285 g/mol. The van der Waals surface area contributed by atoms with Crippen molar-refractivity contribution in [3.05, 3.63) is 42.5 Å². The first kappa shape index (κ1) is 13.1. The van der Waals surface area contributed by atoms with Crippen molar-refractivity contribution in [1.82, 2.24) is 19.9 Å². The molecule has 0 fully saturated rings. The van der Waals surface area contributed by atoms with Gasteiger partial charge >= 0.3 is 0 Å². The normalized spacial score (nSPS) is 12.7. The third-order valence-electron chi connectivity index (χ3n) is 2.91. The maximum Gasteiger partial charge on any atom is 0.181 e. The lowest BCUT2D eigenvalue weighted by Crippen LogP contribution is -2.18. The minimum absolute atomic E-state index is 0.134. The van der Waals surface area contributed by atoms with E-state index in [0.717, 1.165) is 17.0 Å². The summed E-state index contributed by atoms with van der Waals surface area (Å²) in [4.78, 5) is 16.9. The molecule has 0 aliphatic carbocycles. The second-order valence-corrected chi connectivity index (χ2v) is 5.70. The first-order valence-electron chi connectivity index (χ1n) is 6.39. The Morgan fingerprint density at radius 3 is 2.95 bits per heavy atom. The summed E-state index contributed by atoms with van der Waals surface area (Å²) in [5, 5.41) is 0.879. The first-order chi connectivity index (χ1) is 9.74. The predicted molar refractivity (Wildman–Crippen MR) is 79.6 cm³/mol. The lowest BCUT2D eigenvalue weighted by atomic mass is 10.1. The van der Waals surface area contributed by atoms with Crippen LogP contribution in [0.1, 0.15) is 12.5 Å². The molecule has 102 valence electrons. The number of nitrogens with zero attached hydrogens (tertiary/aromatic N) is 3. The Labute approximate surface area is 121 Å². The van der Waals surface area contributed by atoms with Crippen molar-refractivity contribution < 1.29 is 0 Å². The quantitative estimate of drug-likeness (QED) is 0.719. The van der Waals surface area contributed by atoms with Gasteiger partial charge in [-0.1, -0.05) is 30.0 Å². The lowest BCUT2D eigenvalue weighted by Gasteiger charge is -2.10. The molecule has 3 rings (SSSR count). The molecule has 0 spiro atoms. The van der Waals surface area contributed by atoms with Gasteiger partial charge < -0.3 is 10.7 Å². The number of hydrogen-bond acceptors (Lipinski definition) is 5. The van der Waals surface area contributed by atoms with E-state index in [0.29, 0.717) is 5.65 Å². The van der Waals surface area contributed by atoms with E-state index in [1.54, 1.807) is 24.4 Å². The Morgan fingerprint density at radius 1 is 1.25 bits per heavy atom. The molecule has 2 aromatic heterocycles. The van der Waals surface area contributed by atoms with Gasteiger partial charge in [0, 0.05) is 10.9 Å². The molecule has 0 amide bonds. The number of nitrogens with one attached hydrogen (secondary N) is 1. The standard InChI is InChI=1S/C14H15N5S/c1-9(15)6-10-4-2-3-5-11(10)20-14-12-13(17-7-16-12)18-8-19-14/h2-5,7-9H,6,15H2,1H3,(H,16,17,18,19). The molecule has 0 saturated heterocycles. The van der Waals surface area contributed by atoms with E-state index in [1.807, 2.05) is 19.1 Å². The molecule has 3 aromatic rings. The number of H-pyrrole nitrogens is 1. The molecule has 0 saturated carbocycles. The number of hydrogen-bond donors (Lipinski definition) is 2. The summed E-state index contributed by atoms with van der Waals surface area (Å²) in [7, 11) is 0. The molecular formula is C14H15N5S. The van der Waals surface area contributed by atoms with E-state index in [2.05, 4.69) is 32.1 Å². The summed E-state index contributed by atoms with van der Waals surface area (Å²) < 4.78 is 0. The predicted octanol–water partition coefficient (Wildman–Crippen LogP) is 2.39. The van der Waals surface area contributed by atoms with Crippen LogP contribution < -0.4 is 5.73 Å². The molecule has 20 heavy (non-hydrogen) atoms. The summed E-state index contributed by atoms with van der Waals surface area (Å²) >= 11 is 1.61. The van der Waals surface area contributed by atoms with Crippen LogP contribution >= 0.6 is 11.8 Å². The summed E-state index contributed by atoms with van der Waals surface area (Å²) in [6, 6.07) is 8.39. The van der Waals surface area contributed by atoms with Crippen LogP contribution in [0.3, 0.4) is 0 Å². The zero-order chi connectivity index (χ0) is 13.9. The van der Waals surface area contributed by atoms with Crippen molar-refractivity contribution in [2.75, 3.05) is 0 Å². The molecular weight excluding hydrogens is 270 g/mol. The van der Waals surface area contributed by atoms with Gasteiger partial charge in [-0.3, -0.25) is 0 Å². The van der Waals surface area contributed by atoms with Gasteiger partial charge in [0.15, 0.2) is 5.65 Å². The van der Waals surface area contributed by atoms with Crippen LogP contribution in [0.5, 0.6) is 0 Å². The fraction of sp³-hybridized carbons (Fsp3) is 0.214. The third kappa shape index (κ3) is 2.66. The highest BCUT2D eigenvalue weighted by molar-refractivity contribution is 7.99. The Kier molecular flexibility index (Phi) is 3.66. The maximum atomic E-state index is 5.91. The van der Waals surface area contributed by atoms with Crippen LogP contribution in [0.2, 0.25) is 0 Å². The topological polar surface area (TPSA) is 80.5 Å². The lowest BCUT2D eigenvalue weighted by molar-refractivity contribution is 0.729. The smallest absolute Gasteiger partial charge is 0.181 e. The summed E-state index contributed by atoms with van der Waals surface area (Å²) in [6.45, 7) is 2.01. The average Bonchev–Trinajstić information content (AvgIpc) is 2.90. The number of imidazole rings is 1. The van der Waals surface area contributed by atoms with Crippen molar-refractivity contribution in [2.45, 2.75) is 29.3 Å². The van der Waals surface area contributed by atoms with Gasteiger partial charge in [-0.05, 0) is 25.0 Å². The molecule has 0 bridgehead atoms. The molecule has 1 aromatic carbocycles. The van der Waals surface area contributed by atoms with Gasteiger partial charge in [0.25, 0.3) is 0 Å². The molecule has 2 heterocycles. The number of aromatic amines is 1. The van der Waals surface area contributed by atoms with Crippen LogP contribution in [0.15, 0.2) is 46.8 Å². The molecule has 1 unspecified atom stereocenters. The third-order valence-corrected chi connectivity index (χ3v) is 4.03. The van der Waals surface area contributed by atoms with Crippen LogP contribution in [0.4, 0.5) is 0 Å². The minimum Gasteiger partial charge on any atom is -0.341 e. The molecule has 5 nitrogen and oxygen atoms in total. The number of nitrogens with two attached hydrogens (primary N) is 1.